The summed E-state index contributed by atoms with van der Waals surface area (Å²) >= 11 is 0. The van der Waals surface area contributed by atoms with Crippen molar-refractivity contribution in [2.24, 2.45) is 0 Å². The second-order valence-electron chi connectivity index (χ2n) is 7.52. The standard InChI is InChI=1S/C19H25FN4O3S/c1-13-18(14(2)24(22-13)17-7-8-28(26,27)12-17)10-23(3)11-19(25)21-16-6-4-5-15(20)9-16/h4-6,9,17H,7-8,10-12H2,1-3H3,(H,21,25)/p+1/t17-/m1/s1. The Labute approximate surface area is 164 Å². The van der Waals surface area contributed by atoms with E-state index >= 15 is 0 Å². The van der Waals surface area contributed by atoms with E-state index in [1.807, 2.05) is 25.6 Å². The van der Waals surface area contributed by atoms with Gasteiger partial charge in [0.15, 0.2) is 16.4 Å². The minimum Gasteiger partial charge on any atom is -0.326 e. The molecule has 2 atom stereocenters. The van der Waals surface area contributed by atoms with Crippen LogP contribution in [0.1, 0.15) is 29.4 Å². The van der Waals surface area contributed by atoms with Crippen LogP contribution in [0, 0.1) is 19.7 Å². The summed E-state index contributed by atoms with van der Waals surface area (Å²) in [6, 6.07) is 5.68. The van der Waals surface area contributed by atoms with Crippen molar-refractivity contribution < 1.29 is 22.5 Å². The number of aromatic nitrogens is 2. The SMILES string of the molecule is Cc1nn([C@@H]2CCS(=O)(=O)C2)c(C)c1C[NH+](C)CC(=O)Nc1cccc(F)c1. The van der Waals surface area contributed by atoms with E-state index in [9.17, 15) is 17.6 Å². The number of carbonyl (C=O) groups is 1. The van der Waals surface area contributed by atoms with E-state index < -0.39 is 15.7 Å². The second-order valence-corrected chi connectivity index (χ2v) is 9.75. The predicted molar refractivity (Wildman–Crippen MR) is 104 cm³/mol. The van der Waals surface area contributed by atoms with Gasteiger partial charge >= 0.3 is 0 Å². The lowest BCUT2D eigenvalue weighted by atomic mass is 10.1. The summed E-state index contributed by atoms with van der Waals surface area (Å²) in [5.41, 5.74) is 3.26. The smallest absolute Gasteiger partial charge is 0.279 e. The summed E-state index contributed by atoms with van der Waals surface area (Å²) in [5, 5.41) is 7.26. The maximum absolute atomic E-state index is 13.2. The van der Waals surface area contributed by atoms with Crippen LogP contribution in [0.4, 0.5) is 10.1 Å². The minimum atomic E-state index is -2.98. The van der Waals surface area contributed by atoms with Gasteiger partial charge in [-0.15, -0.1) is 0 Å². The van der Waals surface area contributed by atoms with Crippen LogP contribution in [-0.2, 0) is 21.2 Å². The summed E-state index contributed by atoms with van der Waals surface area (Å²) < 4.78 is 38.6. The fraction of sp³-hybridized carbons (Fsp3) is 0.474. The topological polar surface area (TPSA) is 85.5 Å². The van der Waals surface area contributed by atoms with Gasteiger partial charge in [0.25, 0.3) is 5.91 Å². The Bertz CT molecular complexity index is 987. The van der Waals surface area contributed by atoms with Crippen molar-refractivity contribution in [3.63, 3.8) is 0 Å². The van der Waals surface area contributed by atoms with Crippen LogP contribution >= 0.6 is 0 Å². The first kappa shape index (κ1) is 20.5. The summed E-state index contributed by atoms with van der Waals surface area (Å²) in [6.45, 7) is 4.66. The highest BCUT2D eigenvalue weighted by molar-refractivity contribution is 7.91. The fourth-order valence-electron chi connectivity index (χ4n) is 3.69. The number of amides is 1. The molecule has 7 nitrogen and oxygen atoms in total. The quantitative estimate of drug-likeness (QED) is 0.734. The van der Waals surface area contributed by atoms with Crippen LogP contribution in [-0.4, -0.2) is 49.2 Å². The molecule has 1 aliphatic heterocycles. The van der Waals surface area contributed by atoms with Crippen molar-refractivity contribution in [2.45, 2.75) is 32.9 Å². The number of sulfone groups is 1. The van der Waals surface area contributed by atoms with Crippen LogP contribution in [0.5, 0.6) is 0 Å². The zero-order valence-electron chi connectivity index (χ0n) is 16.3. The highest BCUT2D eigenvalue weighted by atomic mass is 32.2. The number of likely N-dealkylation sites (N-methyl/N-ethyl adjacent to an activating group) is 1. The summed E-state index contributed by atoms with van der Waals surface area (Å²) in [6.07, 6.45) is 0.586. The van der Waals surface area contributed by atoms with Gasteiger partial charge in [-0.25, -0.2) is 12.8 Å². The molecule has 1 fully saturated rings. The molecule has 0 bridgehead atoms. The average Bonchev–Trinajstić information content (AvgIpc) is 3.08. The summed E-state index contributed by atoms with van der Waals surface area (Å²) in [7, 11) is -1.08. The Morgan fingerprint density at radius 1 is 1.39 bits per heavy atom. The molecule has 1 aromatic carbocycles. The molecule has 1 unspecified atom stereocenters. The first-order chi connectivity index (χ1) is 13.1. The number of benzene rings is 1. The van der Waals surface area contributed by atoms with Crippen molar-refractivity contribution in [1.29, 1.82) is 0 Å². The third kappa shape index (κ3) is 4.77. The third-order valence-electron chi connectivity index (χ3n) is 5.08. The van der Waals surface area contributed by atoms with Gasteiger partial charge in [0, 0.05) is 11.4 Å². The molecule has 2 heterocycles. The van der Waals surface area contributed by atoms with E-state index in [2.05, 4.69) is 10.4 Å². The number of aryl methyl sites for hydroxylation is 1. The van der Waals surface area contributed by atoms with Gasteiger partial charge in [0.1, 0.15) is 12.4 Å². The molecule has 0 spiro atoms. The number of nitrogens with one attached hydrogen (secondary N) is 2. The molecule has 1 amide bonds. The molecule has 3 rings (SSSR count). The fourth-order valence-corrected chi connectivity index (χ4v) is 5.38. The van der Waals surface area contributed by atoms with Crippen molar-refractivity contribution >= 4 is 21.4 Å². The monoisotopic (exact) mass is 409 g/mol. The van der Waals surface area contributed by atoms with Gasteiger partial charge in [0.05, 0.1) is 35.9 Å². The first-order valence-electron chi connectivity index (χ1n) is 9.26. The normalized spacial score (nSPS) is 19.5. The van der Waals surface area contributed by atoms with Crippen LogP contribution in [0.15, 0.2) is 24.3 Å². The number of quaternary nitrogens is 1. The van der Waals surface area contributed by atoms with Crippen LogP contribution in [0.25, 0.3) is 0 Å². The van der Waals surface area contributed by atoms with Gasteiger partial charge in [0.2, 0.25) is 0 Å². The van der Waals surface area contributed by atoms with Gasteiger partial charge in [-0.05, 0) is 38.5 Å². The molecule has 1 aromatic heterocycles. The van der Waals surface area contributed by atoms with Crippen LogP contribution in [0.3, 0.4) is 0 Å². The maximum Gasteiger partial charge on any atom is 0.279 e. The third-order valence-corrected chi connectivity index (χ3v) is 6.83. The lowest BCUT2D eigenvalue weighted by Crippen LogP contribution is -3.08. The highest BCUT2D eigenvalue weighted by Gasteiger charge is 2.31. The Morgan fingerprint density at radius 3 is 2.79 bits per heavy atom. The molecule has 152 valence electrons. The number of hydrogen-bond donors (Lipinski definition) is 2. The molecule has 28 heavy (non-hydrogen) atoms. The lowest BCUT2D eigenvalue weighted by Gasteiger charge is -2.15. The van der Waals surface area contributed by atoms with E-state index in [1.54, 1.807) is 12.1 Å². The van der Waals surface area contributed by atoms with Crippen molar-refractivity contribution in [3.05, 3.63) is 47.0 Å². The first-order valence-corrected chi connectivity index (χ1v) is 11.1. The number of hydrogen-bond acceptors (Lipinski definition) is 4. The van der Waals surface area contributed by atoms with E-state index in [0.29, 0.717) is 18.7 Å². The molecule has 0 saturated carbocycles. The molecular weight excluding hydrogens is 383 g/mol. The molecule has 1 saturated heterocycles. The van der Waals surface area contributed by atoms with Crippen molar-refractivity contribution in [3.8, 4) is 0 Å². The predicted octanol–water partition coefficient (Wildman–Crippen LogP) is 0.652. The second kappa shape index (κ2) is 8.00. The summed E-state index contributed by atoms with van der Waals surface area (Å²) in [4.78, 5) is 13.2. The Morgan fingerprint density at radius 2 is 2.14 bits per heavy atom. The van der Waals surface area contributed by atoms with Gasteiger partial charge in [-0.1, -0.05) is 6.07 Å². The molecule has 2 N–H and O–H groups in total. The van der Waals surface area contributed by atoms with Crippen molar-refractivity contribution in [1.82, 2.24) is 9.78 Å². The average molecular weight is 410 g/mol. The zero-order valence-corrected chi connectivity index (χ0v) is 17.1. The van der Waals surface area contributed by atoms with E-state index in [1.165, 1.54) is 12.1 Å². The summed E-state index contributed by atoms with van der Waals surface area (Å²) in [5.74, 6) is -0.261. The molecule has 1 aliphatic rings. The molecule has 9 heteroatoms. The van der Waals surface area contributed by atoms with Crippen molar-refractivity contribution in [2.75, 3.05) is 30.4 Å². The minimum absolute atomic E-state index is 0.117. The number of rotatable bonds is 6. The number of anilines is 1. The molecule has 0 aliphatic carbocycles. The number of nitrogens with zero attached hydrogens (tertiary/aromatic N) is 2. The zero-order chi connectivity index (χ0) is 20.5. The Kier molecular flexibility index (Phi) is 5.85. The van der Waals surface area contributed by atoms with Crippen LogP contribution in [0.2, 0.25) is 0 Å². The largest absolute Gasteiger partial charge is 0.326 e. The van der Waals surface area contributed by atoms with Gasteiger partial charge in [-0.3, -0.25) is 9.48 Å². The van der Waals surface area contributed by atoms with E-state index in [4.69, 9.17) is 0 Å². The van der Waals surface area contributed by atoms with E-state index in [-0.39, 0.29) is 30.0 Å². The molecular formula is C19H26FN4O3S+. The Hall–Kier alpha value is -2.26. The Balaban J connectivity index is 1.64. The number of halogens is 1. The highest BCUT2D eigenvalue weighted by Crippen LogP contribution is 2.26. The molecule has 0 radical (unpaired) electrons. The maximum atomic E-state index is 13.2. The van der Waals surface area contributed by atoms with E-state index in [0.717, 1.165) is 21.9 Å². The number of carbonyl (C=O) groups excluding carboxylic acids is 1. The van der Waals surface area contributed by atoms with Gasteiger partial charge < -0.3 is 10.2 Å². The lowest BCUT2D eigenvalue weighted by molar-refractivity contribution is -0.885. The molecule has 2 aromatic rings. The van der Waals surface area contributed by atoms with Crippen LogP contribution < -0.4 is 10.2 Å². The van der Waals surface area contributed by atoms with Gasteiger partial charge in [-0.2, -0.15) is 5.10 Å².